The van der Waals surface area contributed by atoms with Crippen molar-refractivity contribution in [1.82, 2.24) is 10.0 Å². The number of nitrogens with one attached hydrogen (secondary N) is 2. The molecule has 5 rings (SSSR count). The van der Waals surface area contributed by atoms with E-state index in [9.17, 15) is 55.4 Å². The quantitative estimate of drug-likeness (QED) is 0.0305. The minimum Gasteiger partial charge on any atom is -0.489 e. The van der Waals surface area contributed by atoms with Crippen molar-refractivity contribution in [3.05, 3.63) is 116 Å². The van der Waals surface area contributed by atoms with Gasteiger partial charge in [-0.15, -0.1) is 11.6 Å². The number of ether oxygens (including phenoxy) is 3. The molecule has 1 aliphatic heterocycles. The first kappa shape index (κ1) is 63.8. The Bertz CT molecular complexity index is 2740. The second kappa shape index (κ2) is 29.0. The van der Waals surface area contributed by atoms with Gasteiger partial charge in [0.25, 0.3) is 17.5 Å². The van der Waals surface area contributed by atoms with Gasteiger partial charge in [0.2, 0.25) is 15.9 Å². The Balaban J connectivity index is 0.000000355. The predicted octanol–water partition coefficient (Wildman–Crippen LogP) is 8.31. The maximum Gasteiger partial charge on any atom is 0.416 e. The van der Waals surface area contributed by atoms with Crippen LogP contribution in [0.5, 0.6) is 17.2 Å². The Kier molecular flexibility index (Phi) is 25.4. The van der Waals surface area contributed by atoms with Crippen LogP contribution in [0.1, 0.15) is 47.8 Å². The van der Waals surface area contributed by atoms with Crippen LogP contribution < -0.4 is 29.3 Å². The molecule has 0 aromatic heterocycles. The number of sulfonamides is 1. The number of carbonyl (C=O) groups excluding carboxylic acids is 3. The zero-order chi connectivity index (χ0) is 55.6. The zero-order valence-electron chi connectivity index (χ0n) is 39.6. The molecule has 73 heavy (non-hydrogen) atoms. The summed E-state index contributed by atoms with van der Waals surface area (Å²) in [5, 5.41) is 20.7. The number of para-hydroxylation sites is 3. The average molecular weight is 1150 g/mol. The number of carboxylic acid groups (broad SMARTS) is 1. The maximum atomic E-state index is 12.7. The van der Waals surface area contributed by atoms with Crippen LogP contribution in [0.25, 0.3) is 0 Å². The third-order valence-corrected chi connectivity index (χ3v) is 11.5. The standard InChI is InChI=1S/C15H10ClF3N2O6S.C15H22ClNO2.C11H11Cl2NO2.C3H8NO5P/c1-28(25,26)20-14(22)10-7-9(3-4-12(10)21(23)24)27-13-5-2-8(6-11(13)16)15(17,18)19;1-5-13-8-6-7-11(2)15(13)17(14(18)9-16)12(3)10-19-4;1-7-6-16-9-5-3-2-4-8(9)14(7)11(15)10(12)13;5-3(6)1-4-2-10(7,8)9/h2-7H,1H3,(H,20,22);6-8,12H,5,9-10H2,1-4H3;2-5,7,10H,6H2,1H3;4H,1-2H2,(H,5,6)(H2,7,8,9). The smallest absolute Gasteiger partial charge is 0.416 e. The first-order valence-electron chi connectivity index (χ1n) is 21.0. The van der Waals surface area contributed by atoms with Gasteiger partial charge < -0.3 is 38.9 Å². The molecule has 0 radical (unpaired) electrons. The van der Waals surface area contributed by atoms with E-state index < -0.39 is 80.1 Å². The van der Waals surface area contributed by atoms with E-state index in [-0.39, 0.29) is 41.3 Å². The van der Waals surface area contributed by atoms with Gasteiger partial charge in [-0.2, -0.15) is 13.2 Å². The van der Waals surface area contributed by atoms with Crippen molar-refractivity contribution in [2.75, 3.05) is 55.1 Å². The number of alkyl halides is 6. The molecule has 3 amide bonds. The Morgan fingerprint density at radius 3 is 2.22 bits per heavy atom. The molecular formula is C44H51Cl4F3N5O15PS. The normalized spacial score (nSPS) is 13.5. The highest BCUT2D eigenvalue weighted by Crippen LogP contribution is 2.38. The highest BCUT2D eigenvalue weighted by atomic mass is 35.5. The van der Waals surface area contributed by atoms with Gasteiger partial charge in [0.05, 0.1) is 64.7 Å². The molecule has 2 atom stereocenters. The van der Waals surface area contributed by atoms with Crippen molar-refractivity contribution in [2.45, 2.75) is 57.2 Å². The summed E-state index contributed by atoms with van der Waals surface area (Å²) in [5.41, 5.74) is 1.59. The Labute approximate surface area is 437 Å². The van der Waals surface area contributed by atoms with Gasteiger partial charge in [0, 0.05) is 19.2 Å². The number of nitro benzene ring substituents is 1. The molecule has 29 heteroatoms. The third-order valence-electron chi connectivity index (χ3n) is 9.41. The van der Waals surface area contributed by atoms with Crippen molar-refractivity contribution in [2.24, 2.45) is 0 Å². The van der Waals surface area contributed by atoms with Crippen LogP contribution >= 0.6 is 54.0 Å². The number of carbonyl (C=O) groups is 4. The number of hydrogen-bond donors (Lipinski definition) is 5. The van der Waals surface area contributed by atoms with Crippen molar-refractivity contribution in [1.29, 1.82) is 0 Å². The molecule has 4 aromatic carbocycles. The fourth-order valence-corrected chi connectivity index (χ4v) is 7.81. The summed E-state index contributed by atoms with van der Waals surface area (Å²) in [4.78, 5) is 74.7. The number of carboxylic acids is 1. The number of rotatable bonds is 16. The van der Waals surface area contributed by atoms with Crippen LogP contribution in [0.15, 0.2) is 78.9 Å². The first-order chi connectivity index (χ1) is 33.9. The van der Waals surface area contributed by atoms with Crippen molar-refractivity contribution < 1.29 is 79.4 Å². The van der Waals surface area contributed by atoms with Crippen LogP contribution in [-0.4, -0.2) is 114 Å². The molecule has 402 valence electrons. The zero-order valence-corrected chi connectivity index (χ0v) is 44.3. The molecule has 1 heterocycles. The molecule has 0 fully saturated rings. The van der Waals surface area contributed by atoms with Crippen molar-refractivity contribution in [3.8, 4) is 17.2 Å². The highest BCUT2D eigenvalue weighted by molar-refractivity contribution is 7.89. The predicted molar refractivity (Wildman–Crippen MR) is 269 cm³/mol. The van der Waals surface area contributed by atoms with Gasteiger partial charge in [-0.3, -0.25) is 39.2 Å². The van der Waals surface area contributed by atoms with Gasteiger partial charge in [0.15, 0.2) is 4.84 Å². The number of methoxy groups -OCH3 is 1. The molecule has 1 aliphatic rings. The Hall–Kier alpha value is -5.27. The van der Waals surface area contributed by atoms with Crippen molar-refractivity contribution in [3.63, 3.8) is 0 Å². The number of benzene rings is 4. The number of nitrogens with zero attached hydrogens (tertiary/aromatic N) is 3. The minimum absolute atomic E-state index is 0.0223. The molecular weight excluding hydrogens is 1100 g/mol. The van der Waals surface area contributed by atoms with E-state index in [1.165, 1.54) is 0 Å². The van der Waals surface area contributed by atoms with Crippen LogP contribution in [0.3, 0.4) is 0 Å². The van der Waals surface area contributed by atoms with Crippen LogP contribution in [0, 0.1) is 17.0 Å². The van der Waals surface area contributed by atoms with E-state index in [1.807, 2.05) is 57.2 Å². The lowest BCUT2D eigenvalue weighted by molar-refractivity contribution is -0.385. The van der Waals surface area contributed by atoms with Crippen LogP contribution in [0.2, 0.25) is 5.02 Å². The third kappa shape index (κ3) is 20.9. The molecule has 4 aromatic rings. The van der Waals surface area contributed by atoms with Crippen molar-refractivity contribution >= 4 is 105 Å². The second-order valence-corrected chi connectivity index (χ2v) is 20.5. The van der Waals surface area contributed by atoms with Gasteiger partial charge in [-0.05, 0) is 74.7 Å². The summed E-state index contributed by atoms with van der Waals surface area (Å²) in [6.07, 6.45) is -3.66. The number of anilines is 2. The molecule has 20 nitrogen and oxygen atoms in total. The maximum absolute atomic E-state index is 12.7. The Morgan fingerprint density at radius 1 is 1.05 bits per heavy atom. The second-order valence-electron chi connectivity index (χ2n) is 15.3. The minimum atomic E-state index is -4.62. The van der Waals surface area contributed by atoms with E-state index in [1.54, 1.807) is 21.6 Å². The molecule has 0 saturated carbocycles. The first-order valence-corrected chi connectivity index (χ1v) is 26.4. The lowest BCUT2D eigenvalue weighted by Crippen LogP contribution is -2.47. The SMILES string of the molecule is CC1COc2ccccc2N1C(=O)C(Cl)Cl.CCc1cccc(C)c1N(C(=O)CCl)C(C)COC.CS(=O)(=O)NC(=O)c1cc(Oc2ccc(C(F)(F)F)cc2Cl)ccc1[N+](=O)[O-].O=C(O)CNCP(=O)(O)O. The van der Waals surface area contributed by atoms with E-state index in [4.69, 9.17) is 75.5 Å². The van der Waals surface area contributed by atoms with Crippen LogP contribution in [-0.2, 0) is 46.3 Å². The summed E-state index contributed by atoms with van der Waals surface area (Å²) in [6, 6.07) is 18.4. The Morgan fingerprint density at radius 2 is 1.70 bits per heavy atom. The lowest BCUT2D eigenvalue weighted by atomic mass is 10.0. The summed E-state index contributed by atoms with van der Waals surface area (Å²) in [6.45, 7) is 8.46. The van der Waals surface area contributed by atoms with Crippen LogP contribution in [0.4, 0.5) is 30.2 Å². The summed E-state index contributed by atoms with van der Waals surface area (Å²) < 4.78 is 88.0. The van der Waals surface area contributed by atoms with Gasteiger partial charge in [-0.1, -0.05) is 72.1 Å². The summed E-state index contributed by atoms with van der Waals surface area (Å²) in [5.74, 6) is -2.56. The fourth-order valence-electron chi connectivity index (χ4n) is 6.40. The molecule has 0 bridgehead atoms. The molecule has 2 unspecified atom stereocenters. The fraction of sp³-hybridized carbons (Fsp3) is 0.364. The number of nitro groups is 1. The van der Waals surface area contributed by atoms with E-state index in [0.29, 0.717) is 37.4 Å². The van der Waals surface area contributed by atoms with Gasteiger partial charge in [-0.25, -0.2) is 13.1 Å². The molecule has 5 N–H and O–H groups in total. The summed E-state index contributed by atoms with van der Waals surface area (Å²) >= 11 is 22.8. The number of amides is 3. The molecule has 0 saturated heterocycles. The molecule has 0 spiro atoms. The number of halogens is 7. The monoisotopic (exact) mass is 1150 g/mol. The number of fused-ring (bicyclic) bond motifs is 1. The highest BCUT2D eigenvalue weighted by Gasteiger charge is 2.33. The van der Waals surface area contributed by atoms with Gasteiger partial charge in [0.1, 0.15) is 35.3 Å². The van der Waals surface area contributed by atoms with E-state index in [2.05, 4.69) is 18.3 Å². The van der Waals surface area contributed by atoms with E-state index in [0.717, 1.165) is 53.2 Å². The number of hydrogen-bond acceptors (Lipinski definition) is 13. The van der Waals surface area contributed by atoms with E-state index >= 15 is 0 Å². The largest absolute Gasteiger partial charge is 0.489 e. The number of aliphatic carboxylic acids is 1. The topological polar surface area (TPSA) is 282 Å². The molecule has 0 aliphatic carbocycles. The lowest BCUT2D eigenvalue weighted by Gasteiger charge is -2.35. The average Bonchev–Trinajstić information content (AvgIpc) is 3.29. The number of aryl methyl sites for hydroxylation is 2. The summed E-state index contributed by atoms with van der Waals surface area (Å²) in [7, 11) is -6.46. The van der Waals surface area contributed by atoms with Gasteiger partial charge >= 0.3 is 19.7 Å².